The normalized spacial score (nSPS) is 19.7. The first-order chi connectivity index (χ1) is 9.63. The zero-order chi connectivity index (χ0) is 14.5. The van der Waals surface area contributed by atoms with Crippen molar-refractivity contribution in [2.75, 3.05) is 18.0 Å². The molecule has 110 valence electrons. The minimum absolute atomic E-state index is 0.131. The third-order valence-electron chi connectivity index (χ3n) is 3.95. The van der Waals surface area contributed by atoms with Crippen molar-refractivity contribution in [2.45, 2.75) is 39.0 Å². The third kappa shape index (κ3) is 3.42. The first kappa shape index (κ1) is 15.1. The Hall–Kier alpha value is -1.29. The van der Waals surface area contributed by atoms with Crippen LogP contribution in [0.1, 0.15) is 49.4 Å². The van der Waals surface area contributed by atoms with Crippen LogP contribution >= 0.6 is 11.6 Å². The Morgan fingerprint density at radius 1 is 1.50 bits per heavy atom. The molecule has 1 saturated heterocycles. The van der Waals surface area contributed by atoms with Gasteiger partial charge < -0.3 is 10.0 Å². The van der Waals surface area contributed by atoms with Crippen LogP contribution in [0.2, 0.25) is 5.02 Å². The number of halogens is 1. The van der Waals surface area contributed by atoms with Gasteiger partial charge in [-0.3, -0.25) is 0 Å². The summed E-state index contributed by atoms with van der Waals surface area (Å²) in [6.45, 7) is 4.02. The van der Waals surface area contributed by atoms with Gasteiger partial charge in [-0.05, 0) is 31.2 Å². The Morgan fingerprint density at radius 3 is 3.00 bits per heavy atom. The highest BCUT2D eigenvalue weighted by Gasteiger charge is 2.21. The Balaban J connectivity index is 2.15. The lowest BCUT2D eigenvalue weighted by molar-refractivity contribution is 0.0697. The van der Waals surface area contributed by atoms with Crippen LogP contribution in [0, 0.1) is 5.92 Å². The number of hydrogen-bond donors (Lipinski definition) is 1. The molecule has 0 bridgehead atoms. The largest absolute Gasteiger partial charge is 0.478 e. The van der Waals surface area contributed by atoms with Gasteiger partial charge in [0.2, 0.25) is 0 Å². The number of carboxylic acid groups (broad SMARTS) is 1. The SMILES string of the molecule is CCCC1CCCN(c2nccc(C(=O)O)c2Cl)CC1. The molecule has 2 rings (SSSR count). The standard InChI is InChI=1S/C15H21ClN2O2/c1-2-4-11-5-3-9-18(10-7-11)14-13(16)12(15(19)20)6-8-17-14/h6,8,11H,2-5,7,9-10H2,1H3,(H,19,20). The molecule has 1 aromatic heterocycles. The summed E-state index contributed by atoms with van der Waals surface area (Å²) in [6.07, 6.45) is 7.49. The summed E-state index contributed by atoms with van der Waals surface area (Å²) >= 11 is 6.20. The molecule has 0 radical (unpaired) electrons. The molecule has 1 N–H and O–H groups in total. The van der Waals surface area contributed by atoms with Gasteiger partial charge in [-0.25, -0.2) is 9.78 Å². The van der Waals surface area contributed by atoms with Crippen molar-refractivity contribution in [2.24, 2.45) is 5.92 Å². The lowest BCUT2D eigenvalue weighted by atomic mass is 9.96. The van der Waals surface area contributed by atoms with Crippen LogP contribution in [0.4, 0.5) is 5.82 Å². The summed E-state index contributed by atoms with van der Waals surface area (Å²) in [5.41, 5.74) is 0.131. The highest BCUT2D eigenvalue weighted by atomic mass is 35.5. The number of aromatic nitrogens is 1. The summed E-state index contributed by atoms with van der Waals surface area (Å²) in [7, 11) is 0. The van der Waals surface area contributed by atoms with E-state index in [0.29, 0.717) is 5.82 Å². The molecule has 0 aliphatic carbocycles. The molecule has 4 nitrogen and oxygen atoms in total. The minimum atomic E-state index is -1.00. The van der Waals surface area contributed by atoms with E-state index in [4.69, 9.17) is 16.7 Å². The smallest absolute Gasteiger partial charge is 0.337 e. The first-order valence-electron chi connectivity index (χ1n) is 7.26. The highest BCUT2D eigenvalue weighted by molar-refractivity contribution is 6.35. The van der Waals surface area contributed by atoms with Crippen LogP contribution in [0.3, 0.4) is 0 Å². The molecule has 0 amide bonds. The predicted molar refractivity (Wildman–Crippen MR) is 80.7 cm³/mol. The Bertz CT molecular complexity index is 479. The number of anilines is 1. The molecule has 0 spiro atoms. The maximum Gasteiger partial charge on any atom is 0.337 e. The molecule has 20 heavy (non-hydrogen) atoms. The van der Waals surface area contributed by atoms with E-state index >= 15 is 0 Å². The third-order valence-corrected chi connectivity index (χ3v) is 4.32. The van der Waals surface area contributed by atoms with E-state index in [1.807, 2.05) is 0 Å². The minimum Gasteiger partial charge on any atom is -0.478 e. The van der Waals surface area contributed by atoms with E-state index < -0.39 is 5.97 Å². The fourth-order valence-electron chi connectivity index (χ4n) is 2.89. The summed E-state index contributed by atoms with van der Waals surface area (Å²) in [5.74, 6) is 0.382. The number of nitrogens with zero attached hydrogens (tertiary/aromatic N) is 2. The fraction of sp³-hybridized carbons (Fsp3) is 0.600. The van der Waals surface area contributed by atoms with E-state index in [9.17, 15) is 4.79 Å². The number of carboxylic acids is 1. The number of pyridine rings is 1. The number of aromatic carboxylic acids is 1. The zero-order valence-corrected chi connectivity index (χ0v) is 12.6. The first-order valence-corrected chi connectivity index (χ1v) is 7.64. The quantitative estimate of drug-likeness (QED) is 0.917. The molecule has 1 aliphatic heterocycles. The molecular weight excluding hydrogens is 276 g/mol. The Kier molecular flexibility index (Phi) is 5.24. The fourth-order valence-corrected chi connectivity index (χ4v) is 3.20. The maximum atomic E-state index is 11.1. The Morgan fingerprint density at radius 2 is 2.30 bits per heavy atom. The molecule has 1 unspecified atom stereocenters. The summed E-state index contributed by atoms with van der Waals surface area (Å²) < 4.78 is 0. The molecular formula is C15H21ClN2O2. The van der Waals surface area contributed by atoms with Gasteiger partial charge in [0.25, 0.3) is 0 Å². The van der Waals surface area contributed by atoms with E-state index in [1.54, 1.807) is 0 Å². The Labute approximate surface area is 124 Å². The van der Waals surface area contributed by atoms with E-state index in [-0.39, 0.29) is 10.6 Å². The second-order valence-corrected chi connectivity index (χ2v) is 5.75. The predicted octanol–water partition coefficient (Wildman–Crippen LogP) is 3.84. The van der Waals surface area contributed by atoms with Crippen molar-refractivity contribution >= 4 is 23.4 Å². The van der Waals surface area contributed by atoms with Gasteiger partial charge in [0.15, 0.2) is 0 Å². The highest BCUT2D eigenvalue weighted by Crippen LogP contribution is 2.30. The maximum absolute atomic E-state index is 11.1. The van der Waals surface area contributed by atoms with Crippen molar-refractivity contribution in [3.05, 3.63) is 22.8 Å². The van der Waals surface area contributed by atoms with Gasteiger partial charge >= 0.3 is 5.97 Å². The van der Waals surface area contributed by atoms with Crippen LogP contribution in [0.15, 0.2) is 12.3 Å². The van der Waals surface area contributed by atoms with E-state index in [2.05, 4.69) is 16.8 Å². The monoisotopic (exact) mass is 296 g/mol. The molecule has 1 aliphatic rings. The molecule has 5 heteroatoms. The molecule has 1 atom stereocenters. The van der Waals surface area contributed by atoms with E-state index in [1.165, 1.54) is 31.5 Å². The van der Waals surface area contributed by atoms with Gasteiger partial charge in [0, 0.05) is 19.3 Å². The van der Waals surface area contributed by atoms with Gasteiger partial charge in [-0.2, -0.15) is 0 Å². The zero-order valence-electron chi connectivity index (χ0n) is 11.8. The summed E-state index contributed by atoms with van der Waals surface area (Å²) in [6, 6.07) is 1.45. The van der Waals surface area contributed by atoms with Gasteiger partial charge in [-0.1, -0.05) is 31.4 Å². The lowest BCUT2D eigenvalue weighted by Gasteiger charge is -2.23. The van der Waals surface area contributed by atoms with Crippen LogP contribution < -0.4 is 4.90 Å². The molecule has 1 fully saturated rings. The topological polar surface area (TPSA) is 53.4 Å². The average Bonchev–Trinajstić information content (AvgIpc) is 2.65. The van der Waals surface area contributed by atoms with Gasteiger partial charge in [-0.15, -0.1) is 0 Å². The molecule has 0 saturated carbocycles. The molecule has 1 aromatic rings. The van der Waals surface area contributed by atoms with Gasteiger partial charge in [0.05, 0.1) is 10.6 Å². The van der Waals surface area contributed by atoms with Crippen molar-refractivity contribution in [1.82, 2.24) is 4.98 Å². The van der Waals surface area contributed by atoms with E-state index in [0.717, 1.165) is 31.8 Å². The van der Waals surface area contributed by atoms with Crippen LogP contribution in [0.5, 0.6) is 0 Å². The molecule has 0 aromatic carbocycles. The average molecular weight is 297 g/mol. The lowest BCUT2D eigenvalue weighted by Crippen LogP contribution is -2.26. The van der Waals surface area contributed by atoms with Crippen molar-refractivity contribution in [1.29, 1.82) is 0 Å². The van der Waals surface area contributed by atoms with Crippen molar-refractivity contribution in [3.8, 4) is 0 Å². The second kappa shape index (κ2) is 6.93. The summed E-state index contributed by atoms with van der Waals surface area (Å²) in [5, 5.41) is 9.38. The van der Waals surface area contributed by atoms with Crippen LogP contribution in [-0.2, 0) is 0 Å². The second-order valence-electron chi connectivity index (χ2n) is 5.37. The molecule has 2 heterocycles. The summed E-state index contributed by atoms with van der Waals surface area (Å²) in [4.78, 5) is 17.5. The number of rotatable bonds is 4. The van der Waals surface area contributed by atoms with Crippen LogP contribution in [-0.4, -0.2) is 29.1 Å². The van der Waals surface area contributed by atoms with Gasteiger partial charge in [0.1, 0.15) is 5.82 Å². The van der Waals surface area contributed by atoms with Crippen molar-refractivity contribution < 1.29 is 9.90 Å². The van der Waals surface area contributed by atoms with Crippen LogP contribution in [0.25, 0.3) is 0 Å². The van der Waals surface area contributed by atoms with Crippen molar-refractivity contribution in [3.63, 3.8) is 0 Å². The number of hydrogen-bond acceptors (Lipinski definition) is 3. The number of carbonyl (C=O) groups is 1.